The van der Waals surface area contributed by atoms with E-state index >= 15 is 0 Å². The first-order valence-electron chi connectivity index (χ1n) is 8.76. The molecule has 0 radical (unpaired) electrons. The van der Waals surface area contributed by atoms with E-state index in [-0.39, 0.29) is 0 Å². The van der Waals surface area contributed by atoms with Crippen molar-refractivity contribution in [3.8, 4) is 11.4 Å². The summed E-state index contributed by atoms with van der Waals surface area (Å²) < 4.78 is 7.26. The van der Waals surface area contributed by atoms with Gasteiger partial charge in [0, 0.05) is 22.5 Å². The molecule has 0 atom stereocenters. The maximum Gasteiger partial charge on any atom is 0.707 e. The lowest BCUT2D eigenvalue weighted by atomic mass is 10.1. The molecular formula is C22H16BNO3. The van der Waals surface area contributed by atoms with Gasteiger partial charge in [0.15, 0.2) is 0 Å². The van der Waals surface area contributed by atoms with E-state index in [1.54, 1.807) is 6.07 Å². The third kappa shape index (κ3) is 2.65. The van der Waals surface area contributed by atoms with Crippen LogP contribution in [0.2, 0.25) is 0 Å². The average Bonchev–Trinajstić information content (AvgIpc) is 2.99. The van der Waals surface area contributed by atoms with Crippen LogP contribution in [0.5, 0.6) is 5.75 Å². The number of nitrogens with zero attached hydrogens (tertiary/aromatic N) is 1. The molecule has 1 aromatic heterocycles. The molecule has 0 saturated carbocycles. The van der Waals surface area contributed by atoms with Crippen molar-refractivity contribution in [3.05, 3.63) is 84.9 Å². The second-order valence-corrected chi connectivity index (χ2v) is 6.51. The van der Waals surface area contributed by atoms with E-state index in [1.807, 2.05) is 42.5 Å². The van der Waals surface area contributed by atoms with Crippen LogP contribution in [0.1, 0.15) is 0 Å². The number of benzene rings is 4. The summed E-state index contributed by atoms with van der Waals surface area (Å²) in [7, 11) is -1.85. The van der Waals surface area contributed by atoms with E-state index in [2.05, 4.69) is 41.0 Å². The molecule has 5 rings (SSSR count). The van der Waals surface area contributed by atoms with Crippen LogP contribution in [-0.2, 0) is 0 Å². The van der Waals surface area contributed by atoms with E-state index in [1.165, 1.54) is 10.8 Å². The van der Waals surface area contributed by atoms with Gasteiger partial charge in [0.2, 0.25) is 0 Å². The van der Waals surface area contributed by atoms with Crippen molar-refractivity contribution in [1.82, 2.24) is 4.57 Å². The van der Waals surface area contributed by atoms with Crippen LogP contribution in [-0.4, -0.2) is 21.9 Å². The highest BCUT2D eigenvalue weighted by Gasteiger charge is 2.16. The zero-order valence-corrected chi connectivity index (χ0v) is 14.4. The maximum atomic E-state index is 9.16. The van der Waals surface area contributed by atoms with Gasteiger partial charge in [-0.15, -0.1) is 0 Å². The standard InChI is InChI=1S/C22H16BNO3/c25-23(26)27-18-10-11-19-20-12-15-6-4-5-7-16(15)13-21(20)24(22(19)14-18)17-8-2-1-3-9-17/h1-14,25-26H. The fourth-order valence-corrected chi connectivity index (χ4v) is 3.73. The van der Waals surface area contributed by atoms with Crippen LogP contribution >= 0.6 is 0 Å². The Kier molecular flexibility index (Phi) is 3.64. The first-order chi connectivity index (χ1) is 13.2. The van der Waals surface area contributed by atoms with Crippen molar-refractivity contribution >= 4 is 39.9 Å². The Morgan fingerprint density at radius 2 is 1.33 bits per heavy atom. The van der Waals surface area contributed by atoms with Gasteiger partial charge in [-0.1, -0.05) is 42.5 Å². The predicted molar refractivity (Wildman–Crippen MR) is 109 cm³/mol. The molecule has 0 spiro atoms. The average molecular weight is 353 g/mol. The van der Waals surface area contributed by atoms with Crippen molar-refractivity contribution in [2.45, 2.75) is 0 Å². The van der Waals surface area contributed by atoms with E-state index in [4.69, 9.17) is 14.7 Å². The molecule has 0 aliphatic rings. The molecule has 0 aliphatic heterocycles. The number of rotatable bonds is 3. The van der Waals surface area contributed by atoms with E-state index in [9.17, 15) is 0 Å². The monoisotopic (exact) mass is 353 g/mol. The number of aromatic nitrogens is 1. The molecule has 0 fully saturated rings. The molecule has 1 heterocycles. The second-order valence-electron chi connectivity index (χ2n) is 6.51. The van der Waals surface area contributed by atoms with Crippen LogP contribution in [0, 0.1) is 0 Å². The summed E-state index contributed by atoms with van der Waals surface area (Å²) in [6, 6.07) is 28.4. The quantitative estimate of drug-likeness (QED) is 0.476. The van der Waals surface area contributed by atoms with Crippen LogP contribution in [0.15, 0.2) is 84.9 Å². The van der Waals surface area contributed by atoms with Crippen LogP contribution in [0.25, 0.3) is 38.3 Å². The molecule has 0 amide bonds. The Hall–Kier alpha value is -3.28. The molecule has 0 aliphatic carbocycles. The smallest absolute Gasteiger partial charge is 0.512 e. The Morgan fingerprint density at radius 1 is 0.667 bits per heavy atom. The van der Waals surface area contributed by atoms with Crippen LogP contribution in [0.4, 0.5) is 0 Å². The second kappa shape index (κ2) is 6.16. The summed E-state index contributed by atoms with van der Waals surface area (Å²) in [6.07, 6.45) is 0. The minimum atomic E-state index is -1.85. The van der Waals surface area contributed by atoms with Gasteiger partial charge >= 0.3 is 7.32 Å². The first kappa shape index (κ1) is 15.9. The fourth-order valence-electron chi connectivity index (χ4n) is 3.73. The Bertz CT molecular complexity index is 1280. The summed E-state index contributed by atoms with van der Waals surface area (Å²) in [5.41, 5.74) is 3.08. The molecule has 5 aromatic rings. The van der Waals surface area contributed by atoms with Crippen molar-refractivity contribution in [2.75, 3.05) is 0 Å². The van der Waals surface area contributed by atoms with Crippen molar-refractivity contribution < 1.29 is 14.7 Å². The van der Waals surface area contributed by atoms with Gasteiger partial charge in [-0.25, -0.2) is 0 Å². The molecule has 4 nitrogen and oxygen atoms in total. The fraction of sp³-hybridized carbons (Fsp3) is 0. The summed E-state index contributed by atoms with van der Waals surface area (Å²) in [6.45, 7) is 0. The minimum absolute atomic E-state index is 0.405. The van der Waals surface area contributed by atoms with Crippen molar-refractivity contribution in [1.29, 1.82) is 0 Å². The number of fused-ring (bicyclic) bond motifs is 4. The summed E-state index contributed by atoms with van der Waals surface area (Å²) >= 11 is 0. The molecule has 0 saturated heterocycles. The van der Waals surface area contributed by atoms with E-state index in [0.717, 1.165) is 27.5 Å². The Morgan fingerprint density at radius 3 is 2.07 bits per heavy atom. The Balaban J connectivity index is 1.91. The Labute approximate surface area is 156 Å². The zero-order chi connectivity index (χ0) is 18.4. The van der Waals surface area contributed by atoms with Gasteiger partial charge in [-0.2, -0.15) is 0 Å². The first-order valence-corrected chi connectivity index (χ1v) is 8.76. The number of hydrogen-bond acceptors (Lipinski definition) is 3. The van der Waals surface area contributed by atoms with Crippen molar-refractivity contribution in [2.24, 2.45) is 0 Å². The van der Waals surface area contributed by atoms with Gasteiger partial charge in [-0.05, 0) is 47.2 Å². The molecule has 2 N–H and O–H groups in total. The van der Waals surface area contributed by atoms with Gasteiger partial charge in [-0.3, -0.25) is 0 Å². The lowest BCUT2D eigenvalue weighted by molar-refractivity contribution is 0.288. The van der Waals surface area contributed by atoms with Gasteiger partial charge in [0.1, 0.15) is 5.75 Å². The largest absolute Gasteiger partial charge is 0.707 e. The molecule has 0 unspecified atom stereocenters. The number of hydrogen-bond donors (Lipinski definition) is 2. The highest BCUT2D eigenvalue weighted by atomic mass is 16.6. The van der Waals surface area contributed by atoms with Gasteiger partial charge in [0.05, 0.1) is 11.0 Å². The SMILES string of the molecule is OB(O)Oc1ccc2c3cc4ccccc4cc3n(-c3ccccc3)c2c1. The summed E-state index contributed by atoms with van der Waals surface area (Å²) in [5, 5.41) is 22.9. The summed E-state index contributed by atoms with van der Waals surface area (Å²) in [4.78, 5) is 0. The van der Waals surface area contributed by atoms with Gasteiger partial charge < -0.3 is 19.3 Å². The molecule has 4 aromatic carbocycles. The topological polar surface area (TPSA) is 54.6 Å². The van der Waals surface area contributed by atoms with E-state index in [0.29, 0.717) is 5.75 Å². The third-order valence-corrected chi connectivity index (χ3v) is 4.86. The highest BCUT2D eigenvalue weighted by Crippen LogP contribution is 2.36. The normalized spacial score (nSPS) is 11.3. The van der Waals surface area contributed by atoms with Crippen molar-refractivity contribution in [3.63, 3.8) is 0 Å². The molecule has 5 heteroatoms. The molecule has 27 heavy (non-hydrogen) atoms. The number of para-hydroxylation sites is 1. The predicted octanol–water partition coefficient (Wildman–Crippen LogP) is 4.29. The molecular weight excluding hydrogens is 337 g/mol. The maximum absolute atomic E-state index is 9.16. The van der Waals surface area contributed by atoms with Crippen LogP contribution in [0.3, 0.4) is 0 Å². The molecule has 0 bridgehead atoms. The lowest BCUT2D eigenvalue weighted by Crippen LogP contribution is -2.20. The van der Waals surface area contributed by atoms with Crippen LogP contribution < -0.4 is 4.65 Å². The zero-order valence-electron chi connectivity index (χ0n) is 14.4. The minimum Gasteiger partial charge on any atom is -0.512 e. The summed E-state index contributed by atoms with van der Waals surface area (Å²) in [5.74, 6) is 0.405. The third-order valence-electron chi connectivity index (χ3n) is 4.86. The van der Waals surface area contributed by atoms with Gasteiger partial charge in [0.25, 0.3) is 0 Å². The van der Waals surface area contributed by atoms with E-state index < -0.39 is 7.32 Å². The highest BCUT2D eigenvalue weighted by molar-refractivity contribution is 6.33. The lowest BCUT2D eigenvalue weighted by Gasteiger charge is -2.09. The molecule has 130 valence electrons.